The van der Waals surface area contributed by atoms with Crippen molar-refractivity contribution >= 4 is 5.90 Å². The first-order valence-electron chi connectivity index (χ1n) is 4.71. The van der Waals surface area contributed by atoms with Gasteiger partial charge in [0.25, 0.3) is 0 Å². The van der Waals surface area contributed by atoms with Gasteiger partial charge in [0.15, 0.2) is 6.10 Å². The molecule has 1 aromatic rings. The Morgan fingerprint density at radius 2 is 2.27 bits per heavy atom. The van der Waals surface area contributed by atoms with Gasteiger partial charge in [0.1, 0.15) is 5.82 Å². The summed E-state index contributed by atoms with van der Waals surface area (Å²) >= 11 is 0. The first-order chi connectivity index (χ1) is 7.06. The van der Waals surface area contributed by atoms with Crippen LogP contribution in [-0.4, -0.2) is 17.6 Å². The molecule has 1 atom stereocenters. The Kier molecular flexibility index (Phi) is 3.80. The molecule has 0 aliphatic heterocycles. The largest absolute Gasteiger partial charge is 0.479 e. The molecule has 2 N–H and O–H groups in total. The maximum absolute atomic E-state index is 12.9. The molecule has 0 aliphatic rings. The van der Waals surface area contributed by atoms with Gasteiger partial charge in [0, 0.05) is 0 Å². The number of halogens is 1. The summed E-state index contributed by atoms with van der Waals surface area (Å²) in [7, 11) is 0. The van der Waals surface area contributed by atoms with Gasteiger partial charge in [-0.25, -0.2) is 4.39 Å². The minimum Gasteiger partial charge on any atom is -0.479 e. The third kappa shape index (κ3) is 2.76. The first-order valence-corrected chi connectivity index (χ1v) is 4.71. The van der Waals surface area contributed by atoms with E-state index < -0.39 is 11.9 Å². The van der Waals surface area contributed by atoms with Crippen molar-refractivity contribution in [1.82, 2.24) is 0 Å². The Morgan fingerprint density at radius 3 is 2.87 bits per heavy atom. The van der Waals surface area contributed by atoms with E-state index in [1.807, 2.05) is 0 Å². The second-order valence-corrected chi connectivity index (χ2v) is 3.20. The molecular weight excluding hydrogens is 197 g/mol. The molecule has 0 saturated heterocycles. The van der Waals surface area contributed by atoms with Gasteiger partial charge >= 0.3 is 0 Å². The lowest BCUT2D eigenvalue weighted by Gasteiger charge is -2.14. The minimum atomic E-state index is -1.19. The van der Waals surface area contributed by atoms with Crippen molar-refractivity contribution in [3.63, 3.8) is 0 Å². The number of nitrogens with one attached hydrogen (secondary N) is 1. The van der Waals surface area contributed by atoms with E-state index in [1.54, 1.807) is 19.9 Å². The van der Waals surface area contributed by atoms with Crippen LogP contribution in [0.4, 0.5) is 4.39 Å². The smallest absolute Gasteiger partial charge is 0.214 e. The number of ether oxygens (including phenoxy) is 1. The highest BCUT2D eigenvalue weighted by Crippen LogP contribution is 2.20. The maximum atomic E-state index is 12.9. The molecule has 0 aliphatic carbocycles. The Hall–Kier alpha value is -1.42. The van der Waals surface area contributed by atoms with Crippen molar-refractivity contribution in [2.75, 3.05) is 6.61 Å². The van der Waals surface area contributed by atoms with Gasteiger partial charge in [-0.2, -0.15) is 0 Å². The van der Waals surface area contributed by atoms with E-state index in [1.165, 1.54) is 12.1 Å². The number of hydrogen-bond acceptors (Lipinski definition) is 3. The first kappa shape index (κ1) is 11.7. The SMILES string of the molecule is CCOC(=N)[C@H](O)c1cc(F)ccc1C. The van der Waals surface area contributed by atoms with Crippen molar-refractivity contribution in [3.8, 4) is 0 Å². The topological polar surface area (TPSA) is 53.3 Å². The van der Waals surface area contributed by atoms with Gasteiger partial charge in [-0.1, -0.05) is 6.07 Å². The highest BCUT2D eigenvalue weighted by atomic mass is 19.1. The average molecular weight is 211 g/mol. The van der Waals surface area contributed by atoms with E-state index in [4.69, 9.17) is 10.1 Å². The number of aliphatic hydroxyl groups is 1. The number of aryl methyl sites for hydroxylation is 1. The zero-order valence-electron chi connectivity index (χ0n) is 8.75. The van der Waals surface area contributed by atoms with Crippen LogP contribution in [-0.2, 0) is 4.74 Å². The summed E-state index contributed by atoms with van der Waals surface area (Å²) in [6.45, 7) is 3.78. The summed E-state index contributed by atoms with van der Waals surface area (Å²) in [5.74, 6) is -0.690. The summed E-state index contributed by atoms with van der Waals surface area (Å²) in [5.41, 5.74) is 1.10. The molecule has 0 heterocycles. The molecule has 0 fully saturated rings. The maximum Gasteiger partial charge on any atom is 0.214 e. The van der Waals surface area contributed by atoms with Crippen LogP contribution in [0.3, 0.4) is 0 Å². The van der Waals surface area contributed by atoms with Crippen molar-refractivity contribution in [3.05, 3.63) is 35.1 Å². The molecular formula is C11H14FNO2. The number of hydrogen-bond donors (Lipinski definition) is 2. The van der Waals surface area contributed by atoms with Crippen LogP contribution in [0, 0.1) is 18.2 Å². The Balaban J connectivity index is 2.94. The monoisotopic (exact) mass is 211 g/mol. The molecule has 3 nitrogen and oxygen atoms in total. The lowest BCUT2D eigenvalue weighted by atomic mass is 10.0. The van der Waals surface area contributed by atoms with E-state index in [2.05, 4.69) is 0 Å². The van der Waals surface area contributed by atoms with Gasteiger partial charge in [0.2, 0.25) is 5.90 Å². The van der Waals surface area contributed by atoms with E-state index in [-0.39, 0.29) is 5.90 Å². The van der Waals surface area contributed by atoms with Crippen molar-refractivity contribution in [1.29, 1.82) is 5.41 Å². The molecule has 0 aromatic heterocycles. The fourth-order valence-electron chi connectivity index (χ4n) is 1.28. The van der Waals surface area contributed by atoms with Gasteiger partial charge in [-0.05, 0) is 37.1 Å². The third-order valence-electron chi connectivity index (χ3n) is 2.08. The molecule has 1 aromatic carbocycles. The summed E-state index contributed by atoms with van der Waals surface area (Å²) in [6.07, 6.45) is -1.19. The second-order valence-electron chi connectivity index (χ2n) is 3.20. The molecule has 0 radical (unpaired) electrons. The Morgan fingerprint density at radius 1 is 1.60 bits per heavy atom. The minimum absolute atomic E-state index is 0.258. The quantitative estimate of drug-likeness (QED) is 0.594. The van der Waals surface area contributed by atoms with Crippen LogP contribution in [0.15, 0.2) is 18.2 Å². The van der Waals surface area contributed by atoms with Gasteiger partial charge in [-0.3, -0.25) is 5.41 Å². The molecule has 15 heavy (non-hydrogen) atoms. The summed E-state index contributed by atoms with van der Waals surface area (Å²) in [4.78, 5) is 0. The molecule has 0 amide bonds. The van der Waals surface area contributed by atoms with E-state index in [0.717, 1.165) is 5.56 Å². The molecule has 0 spiro atoms. The fourth-order valence-corrected chi connectivity index (χ4v) is 1.28. The second kappa shape index (κ2) is 4.89. The zero-order valence-corrected chi connectivity index (χ0v) is 8.75. The van der Waals surface area contributed by atoms with Crippen LogP contribution in [0.1, 0.15) is 24.2 Å². The van der Waals surface area contributed by atoms with Crippen molar-refractivity contribution in [2.45, 2.75) is 20.0 Å². The Bertz CT molecular complexity index is 366. The summed E-state index contributed by atoms with van der Waals surface area (Å²) < 4.78 is 17.8. The van der Waals surface area contributed by atoms with E-state index in [9.17, 15) is 9.50 Å². The molecule has 1 rings (SSSR count). The summed E-state index contributed by atoms with van der Waals surface area (Å²) in [5, 5.41) is 17.1. The highest BCUT2D eigenvalue weighted by Gasteiger charge is 2.17. The zero-order chi connectivity index (χ0) is 11.4. The van der Waals surface area contributed by atoms with Crippen LogP contribution < -0.4 is 0 Å². The van der Waals surface area contributed by atoms with Crippen LogP contribution in [0.25, 0.3) is 0 Å². The Labute approximate surface area is 88.0 Å². The predicted molar refractivity (Wildman–Crippen MR) is 55.4 cm³/mol. The standard InChI is InChI=1S/C11H14FNO2/c1-3-15-11(13)10(14)9-6-8(12)5-4-7(9)2/h4-6,10,13-14H,3H2,1-2H3/t10-/m1/s1. The number of aliphatic hydroxyl groups excluding tert-OH is 1. The fraction of sp³-hybridized carbons (Fsp3) is 0.364. The number of benzene rings is 1. The normalized spacial score (nSPS) is 12.3. The molecule has 0 saturated carbocycles. The lowest BCUT2D eigenvalue weighted by molar-refractivity contribution is 0.189. The van der Waals surface area contributed by atoms with E-state index in [0.29, 0.717) is 12.2 Å². The van der Waals surface area contributed by atoms with Gasteiger partial charge in [-0.15, -0.1) is 0 Å². The predicted octanol–water partition coefficient (Wildman–Crippen LogP) is 2.18. The highest BCUT2D eigenvalue weighted by molar-refractivity contribution is 5.79. The van der Waals surface area contributed by atoms with E-state index >= 15 is 0 Å². The average Bonchev–Trinajstić information content (AvgIpc) is 2.21. The van der Waals surface area contributed by atoms with Crippen molar-refractivity contribution < 1.29 is 14.2 Å². The molecule has 4 heteroatoms. The van der Waals surface area contributed by atoms with Crippen molar-refractivity contribution in [2.24, 2.45) is 0 Å². The molecule has 0 unspecified atom stereocenters. The van der Waals surface area contributed by atoms with Crippen LogP contribution in [0.5, 0.6) is 0 Å². The number of rotatable bonds is 3. The molecule has 0 bridgehead atoms. The van der Waals surface area contributed by atoms with Crippen LogP contribution in [0.2, 0.25) is 0 Å². The third-order valence-corrected chi connectivity index (χ3v) is 2.08. The molecule has 82 valence electrons. The lowest BCUT2D eigenvalue weighted by Crippen LogP contribution is -2.15. The summed E-state index contributed by atoms with van der Waals surface area (Å²) in [6, 6.07) is 4.09. The van der Waals surface area contributed by atoms with Gasteiger partial charge in [0.05, 0.1) is 6.61 Å². The van der Waals surface area contributed by atoms with Gasteiger partial charge < -0.3 is 9.84 Å². The van der Waals surface area contributed by atoms with Crippen LogP contribution >= 0.6 is 0 Å².